The smallest absolute Gasteiger partial charge is 0.433 e. The fraction of sp³-hybridized carbons (Fsp3) is 0.250. The molecule has 3 N–H and O–H groups in total. The first-order chi connectivity index (χ1) is 19.8. The Morgan fingerprint density at radius 1 is 1.07 bits per heavy atom. The average molecular weight is 598 g/mol. The number of nitrogens with zero attached hydrogens (tertiary/aromatic N) is 5. The van der Waals surface area contributed by atoms with Gasteiger partial charge in [-0.15, -0.1) is 11.3 Å². The van der Waals surface area contributed by atoms with Crippen molar-refractivity contribution in [2.45, 2.75) is 47.1 Å². The van der Waals surface area contributed by atoms with Crippen LogP contribution in [-0.4, -0.2) is 36.4 Å². The molecule has 10 nitrogen and oxygen atoms in total. The highest BCUT2D eigenvalue weighted by Gasteiger charge is 2.35. The van der Waals surface area contributed by atoms with E-state index in [1.165, 1.54) is 10.7 Å². The fourth-order valence-corrected chi connectivity index (χ4v) is 5.53. The molecule has 0 radical (unpaired) electrons. The lowest BCUT2D eigenvalue weighted by atomic mass is 10.0. The van der Waals surface area contributed by atoms with E-state index in [9.17, 15) is 22.8 Å². The quantitative estimate of drug-likeness (QED) is 0.236. The van der Waals surface area contributed by atoms with Crippen molar-refractivity contribution in [2.75, 3.05) is 5.32 Å². The average Bonchev–Trinajstić information content (AvgIpc) is 3.64. The van der Waals surface area contributed by atoms with E-state index in [0.717, 1.165) is 17.2 Å². The molecule has 218 valence electrons. The summed E-state index contributed by atoms with van der Waals surface area (Å²) in [7, 11) is 0. The van der Waals surface area contributed by atoms with Crippen LogP contribution in [0.3, 0.4) is 0 Å². The van der Waals surface area contributed by atoms with Crippen LogP contribution in [0.2, 0.25) is 0 Å². The molecule has 0 saturated heterocycles. The number of hydrogen-bond donors (Lipinski definition) is 2. The van der Waals surface area contributed by atoms with Gasteiger partial charge in [-0.3, -0.25) is 14.3 Å². The van der Waals surface area contributed by atoms with Gasteiger partial charge >= 0.3 is 6.18 Å². The van der Waals surface area contributed by atoms with Crippen LogP contribution >= 0.6 is 11.3 Å². The van der Waals surface area contributed by atoms with E-state index in [1.54, 1.807) is 24.0 Å². The number of nitrogens with two attached hydrogens (primary N) is 1. The van der Waals surface area contributed by atoms with Crippen molar-refractivity contribution in [3.63, 3.8) is 0 Å². The molecule has 0 atom stereocenters. The number of pyridine rings is 1. The van der Waals surface area contributed by atoms with Crippen molar-refractivity contribution >= 4 is 39.1 Å². The summed E-state index contributed by atoms with van der Waals surface area (Å²) < 4.78 is 50.3. The molecule has 42 heavy (non-hydrogen) atoms. The first kappa shape index (κ1) is 28.8. The third-order valence-corrected chi connectivity index (χ3v) is 7.63. The van der Waals surface area contributed by atoms with Crippen LogP contribution in [0, 0.1) is 20.8 Å². The van der Waals surface area contributed by atoms with E-state index in [1.807, 2.05) is 39.0 Å². The van der Waals surface area contributed by atoms with Crippen molar-refractivity contribution in [2.24, 2.45) is 5.73 Å². The minimum absolute atomic E-state index is 0.00889. The molecule has 1 aromatic carbocycles. The van der Waals surface area contributed by atoms with E-state index in [4.69, 9.17) is 10.5 Å². The standard InChI is InChI=1S/C28H26F3N7O3S/c1-5-37-12-18(16(4)35-37)17-11-21(28(29,30)31)33-27-22(17)23(24(42-27)25(32)39)34-26(40)19-8-9-38(36-19)13-41-20-7-6-14(2)10-15(20)3/h6-12H,5,13H2,1-4H3,(H2,32,39)(H,34,40). The first-order valence-corrected chi connectivity index (χ1v) is 13.6. The normalized spacial score (nSPS) is 11.7. The predicted molar refractivity (Wildman–Crippen MR) is 151 cm³/mol. The Morgan fingerprint density at radius 3 is 2.48 bits per heavy atom. The topological polar surface area (TPSA) is 130 Å². The van der Waals surface area contributed by atoms with Gasteiger partial charge in [-0.05, 0) is 57.0 Å². The molecule has 5 rings (SSSR count). The zero-order chi connectivity index (χ0) is 30.3. The Hall–Kier alpha value is -4.72. The molecule has 5 aromatic rings. The molecular formula is C28H26F3N7O3S. The van der Waals surface area contributed by atoms with Crippen LogP contribution in [0.25, 0.3) is 21.3 Å². The number of halogens is 3. The highest BCUT2D eigenvalue weighted by atomic mass is 32.1. The second kappa shape index (κ2) is 10.9. The van der Waals surface area contributed by atoms with Crippen molar-refractivity contribution < 1.29 is 27.5 Å². The number of carbonyl (C=O) groups excluding carboxylic acids is 2. The van der Waals surface area contributed by atoms with Crippen LogP contribution in [0.1, 0.15) is 49.6 Å². The van der Waals surface area contributed by atoms with Gasteiger partial charge in [-0.25, -0.2) is 9.67 Å². The summed E-state index contributed by atoms with van der Waals surface area (Å²) in [5.74, 6) is -0.964. The molecule has 2 amide bonds. The second-order valence-corrected chi connectivity index (χ2v) is 10.6. The summed E-state index contributed by atoms with van der Waals surface area (Å²) in [6.45, 7) is 7.90. The van der Waals surface area contributed by atoms with Gasteiger partial charge in [0.05, 0.1) is 11.4 Å². The highest BCUT2D eigenvalue weighted by molar-refractivity contribution is 7.21. The molecule has 0 aliphatic rings. The Labute approximate surface area is 241 Å². The van der Waals surface area contributed by atoms with Crippen molar-refractivity contribution in [3.8, 4) is 16.9 Å². The van der Waals surface area contributed by atoms with E-state index in [0.29, 0.717) is 34.9 Å². The Balaban J connectivity index is 1.53. The van der Waals surface area contributed by atoms with Gasteiger partial charge in [0.25, 0.3) is 11.8 Å². The van der Waals surface area contributed by atoms with Crippen LogP contribution in [0.15, 0.2) is 42.7 Å². The molecule has 4 heterocycles. The number of fused-ring (bicyclic) bond motifs is 1. The maximum atomic E-state index is 13.8. The Kier molecular flexibility index (Phi) is 7.49. The number of anilines is 1. The minimum atomic E-state index is -4.76. The van der Waals surface area contributed by atoms with E-state index in [-0.39, 0.29) is 38.8 Å². The zero-order valence-electron chi connectivity index (χ0n) is 23.0. The monoisotopic (exact) mass is 597 g/mol. The number of primary amides is 1. The summed E-state index contributed by atoms with van der Waals surface area (Å²) in [6, 6.07) is 8.08. The second-order valence-electron chi connectivity index (χ2n) is 9.62. The summed E-state index contributed by atoms with van der Waals surface area (Å²) >= 11 is 0.667. The van der Waals surface area contributed by atoms with E-state index >= 15 is 0 Å². The summed E-state index contributed by atoms with van der Waals surface area (Å²) in [5.41, 5.74) is 7.40. The minimum Gasteiger partial charge on any atom is -0.471 e. The van der Waals surface area contributed by atoms with E-state index in [2.05, 4.69) is 20.5 Å². The number of benzene rings is 1. The number of amides is 2. The Morgan fingerprint density at radius 2 is 1.83 bits per heavy atom. The first-order valence-electron chi connectivity index (χ1n) is 12.8. The molecule has 0 fully saturated rings. The summed E-state index contributed by atoms with van der Waals surface area (Å²) in [6.07, 6.45) is -1.61. The number of alkyl halides is 3. The number of carbonyl (C=O) groups is 2. The molecule has 14 heteroatoms. The fourth-order valence-electron chi connectivity index (χ4n) is 4.52. The van der Waals surface area contributed by atoms with Gasteiger partial charge in [-0.2, -0.15) is 23.4 Å². The third kappa shape index (κ3) is 5.57. The van der Waals surface area contributed by atoms with Gasteiger partial charge in [0.1, 0.15) is 21.2 Å². The molecule has 0 spiro atoms. The number of aromatic nitrogens is 5. The number of rotatable bonds is 8. The van der Waals surface area contributed by atoms with Crippen LogP contribution in [-0.2, 0) is 19.5 Å². The molecule has 0 saturated carbocycles. The lowest BCUT2D eigenvalue weighted by Crippen LogP contribution is -2.18. The molecular weight excluding hydrogens is 571 g/mol. The SMILES string of the molecule is CCn1cc(-c2cc(C(F)(F)F)nc3sc(C(N)=O)c(NC(=O)c4ccn(COc5ccc(C)cc5C)n4)c23)c(C)n1. The van der Waals surface area contributed by atoms with Gasteiger partial charge in [-0.1, -0.05) is 17.7 Å². The largest absolute Gasteiger partial charge is 0.471 e. The summed E-state index contributed by atoms with van der Waals surface area (Å²) in [4.78, 5) is 29.2. The van der Waals surface area contributed by atoms with Crippen molar-refractivity contribution in [1.82, 2.24) is 24.5 Å². The predicted octanol–water partition coefficient (Wildman–Crippen LogP) is 5.71. The number of thiophene rings is 1. The molecule has 4 aromatic heterocycles. The molecule has 0 unspecified atom stereocenters. The maximum absolute atomic E-state index is 13.8. The molecule has 0 aliphatic carbocycles. The van der Waals surface area contributed by atoms with Gasteiger partial charge in [0.2, 0.25) is 0 Å². The van der Waals surface area contributed by atoms with Crippen LogP contribution in [0.5, 0.6) is 5.75 Å². The number of hydrogen-bond acceptors (Lipinski definition) is 7. The van der Waals surface area contributed by atoms with E-state index < -0.39 is 23.7 Å². The number of ether oxygens (including phenoxy) is 1. The summed E-state index contributed by atoms with van der Waals surface area (Å²) in [5, 5.41) is 11.4. The Bertz CT molecular complexity index is 1840. The van der Waals surface area contributed by atoms with Crippen molar-refractivity contribution in [3.05, 3.63) is 75.8 Å². The maximum Gasteiger partial charge on any atom is 0.433 e. The van der Waals surface area contributed by atoms with Gasteiger partial charge in [0.15, 0.2) is 12.4 Å². The van der Waals surface area contributed by atoms with Crippen LogP contribution < -0.4 is 15.8 Å². The van der Waals surface area contributed by atoms with Crippen LogP contribution in [0.4, 0.5) is 18.9 Å². The number of nitrogens with one attached hydrogen (secondary N) is 1. The van der Waals surface area contributed by atoms with Gasteiger partial charge < -0.3 is 15.8 Å². The van der Waals surface area contributed by atoms with Gasteiger partial charge in [0, 0.05) is 29.9 Å². The third-order valence-electron chi connectivity index (χ3n) is 6.53. The molecule has 0 bridgehead atoms. The lowest BCUT2D eigenvalue weighted by Gasteiger charge is -2.11. The molecule has 0 aliphatic heterocycles. The zero-order valence-corrected chi connectivity index (χ0v) is 23.9. The van der Waals surface area contributed by atoms with Crippen molar-refractivity contribution in [1.29, 1.82) is 0 Å². The number of aryl methyl sites for hydroxylation is 4. The lowest BCUT2D eigenvalue weighted by molar-refractivity contribution is -0.140. The highest BCUT2D eigenvalue weighted by Crippen LogP contribution is 2.44.